The highest BCUT2D eigenvalue weighted by Gasteiger charge is 2.20. The number of anilines is 1. The van der Waals surface area contributed by atoms with Gasteiger partial charge in [-0.05, 0) is 28.8 Å². The summed E-state index contributed by atoms with van der Waals surface area (Å²) in [6.07, 6.45) is 0. The largest absolute Gasteiger partial charge is 0.399 e. The van der Waals surface area contributed by atoms with Crippen molar-refractivity contribution in [2.75, 3.05) is 12.3 Å². The van der Waals surface area contributed by atoms with E-state index in [2.05, 4.69) is 41.7 Å². The van der Waals surface area contributed by atoms with Crippen LogP contribution in [0, 0.1) is 0 Å². The average molecular weight is 224 g/mol. The zero-order valence-corrected chi connectivity index (χ0v) is 9.69. The highest BCUT2D eigenvalue weighted by molar-refractivity contribution is 5.47. The van der Waals surface area contributed by atoms with Crippen LogP contribution in [-0.4, -0.2) is 6.54 Å². The molecule has 3 N–H and O–H groups in total. The van der Waals surface area contributed by atoms with Gasteiger partial charge in [0.05, 0.1) is 0 Å². The van der Waals surface area contributed by atoms with E-state index in [4.69, 9.17) is 5.73 Å². The van der Waals surface area contributed by atoms with Crippen LogP contribution in [0.5, 0.6) is 0 Å². The Labute approximate surface area is 101 Å². The normalized spacial score (nSPS) is 18.7. The van der Waals surface area contributed by atoms with Crippen LogP contribution in [0.2, 0.25) is 0 Å². The lowest BCUT2D eigenvalue weighted by atomic mass is 9.85. The van der Waals surface area contributed by atoms with Crippen LogP contribution in [0.1, 0.15) is 22.6 Å². The van der Waals surface area contributed by atoms with Gasteiger partial charge in [0.15, 0.2) is 0 Å². The van der Waals surface area contributed by atoms with Crippen molar-refractivity contribution in [1.82, 2.24) is 5.32 Å². The van der Waals surface area contributed by atoms with Crippen LogP contribution in [0.3, 0.4) is 0 Å². The molecule has 3 rings (SSSR count). The molecule has 0 saturated carbocycles. The van der Waals surface area contributed by atoms with Crippen LogP contribution >= 0.6 is 0 Å². The summed E-state index contributed by atoms with van der Waals surface area (Å²) in [5.41, 5.74) is 10.8. The fourth-order valence-corrected chi connectivity index (χ4v) is 2.57. The predicted molar refractivity (Wildman–Crippen MR) is 70.8 cm³/mol. The van der Waals surface area contributed by atoms with Crippen LogP contribution in [0.25, 0.3) is 0 Å². The van der Waals surface area contributed by atoms with E-state index in [1.165, 1.54) is 16.7 Å². The number of hydrogen-bond acceptors (Lipinski definition) is 2. The molecule has 1 unspecified atom stereocenters. The highest BCUT2D eigenvalue weighted by atomic mass is 14.9. The fourth-order valence-electron chi connectivity index (χ4n) is 2.57. The Balaban J connectivity index is 2.06. The van der Waals surface area contributed by atoms with E-state index in [9.17, 15) is 0 Å². The minimum Gasteiger partial charge on any atom is -0.399 e. The number of rotatable bonds is 1. The van der Waals surface area contributed by atoms with Gasteiger partial charge in [-0.25, -0.2) is 0 Å². The van der Waals surface area contributed by atoms with Gasteiger partial charge >= 0.3 is 0 Å². The summed E-state index contributed by atoms with van der Waals surface area (Å²) in [5, 5.41) is 3.47. The summed E-state index contributed by atoms with van der Waals surface area (Å²) < 4.78 is 0. The molecule has 2 aromatic carbocycles. The van der Waals surface area contributed by atoms with E-state index in [1.807, 2.05) is 12.1 Å². The smallest absolute Gasteiger partial charge is 0.0316 e. The molecule has 1 heterocycles. The molecule has 0 spiro atoms. The number of nitrogens with two attached hydrogens (primary N) is 1. The topological polar surface area (TPSA) is 38.0 Å². The quantitative estimate of drug-likeness (QED) is 0.730. The molecule has 1 aliphatic rings. The monoisotopic (exact) mass is 224 g/mol. The predicted octanol–water partition coefficient (Wildman–Crippen LogP) is 2.50. The summed E-state index contributed by atoms with van der Waals surface area (Å²) in [7, 11) is 0. The molecular formula is C15H16N2. The van der Waals surface area contributed by atoms with Crippen molar-refractivity contribution >= 4 is 5.69 Å². The first kappa shape index (κ1) is 10.4. The van der Waals surface area contributed by atoms with Crippen molar-refractivity contribution in [3.8, 4) is 0 Å². The Bertz CT molecular complexity index is 534. The molecule has 0 amide bonds. The first-order valence-electron chi connectivity index (χ1n) is 5.98. The van der Waals surface area contributed by atoms with E-state index in [-0.39, 0.29) is 0 Å². The van der Waals surface area contributed by atoms with Crippen molar-refractivity contribution in [2.45, 2.75) is 12.5 Å². The third-order valence-electron chi connectivity index (χ3n) is 3.41. The summed E-state index contributed by atoms with van der Waals surface area (Å²) in [6.45, 7) is 1.95. The summed E-state index contributed by atoms with van der Waals surface area (Å²) >= 11 is 0. The number of hydrogen-bond donors (Lipinski definition) is 2. The first-order valence-corrected chi connectivity index (χ1v) is 5.98. The molecule has 17 heavy (non-hydrogen) atoms. The van der Waals surface area contributed by atoms with Crippen molar-refractivity contribution in [3.63, 3.8) is 0 Å². The van der Waals surface area contributed by atoms with E-state index in [0.29, 0.717) is 5.92 Å². The van der Waals surface area contributed by atoms with Gasteiger partial charge in [-0.2, -0.15) is 0 Å². The maximum absolute atomic E-state index is 5.86. The minimum atomic E-state index is 0.420. The molecule has 2 heteroatoms. The Kier molecular flexibility index (Phi) is 2.57. The van der Waals surface area contributed by atoms with Crippen LogP contribution in [0.15, 0.2) is 48.5 Å². The molecule has 0 fully saturated rings. The fraction of sp³-hybridized carbons (Fsp3) is 0.200. The van der Waals surface area contributed by atoms with E-state index < -0.39 is 0 Å². The standard InChI is InChI=1S/C15H16N2/c16-13-6-3-5-11(8-13)15-10-17-9-12-4-1-2-7-14(12)15/h1-8,15,17H,9-10,16H2. The van der Waals surface area contributed by atoms with Gasteiger partial charge in [0.1, 0.15) is 0 Å². The SMILES string of the molecule is Nc1cccc(C2CNCc3ccccc32)c1. The molecule has 1 aliphatic heterocycles. The third kappa shape index (κ3) is 1.92. The molecule has 2 nitrogen and oxygen atoms in total. The summed E-state index contributed by atoms with van der Waals surface area (Å²) in [4.78, 5) is 0. The molecule has 0 aliphatic carbocycles. The summed E-state index contributed by atoms with van der Waals surface area (Å²) in [6, 6.07) is 16.8. The van der Waals surface area contributed by atoms with E-state index in [1.54, 1.807) is 0 Å². The molecular weight excluding hydrogens is 208 g/mol. The molecule has 2 aromatic rings. The lowest BCUT2D eigenvalue weighted by molar-refractivity contribution is 0.591. The van der Waals surface area contributed by atoms with Crippen molar-refractivity contribution < 1.29 is 0 Å². The molecule has 1 atom stereocenters. The van der Waals surface area contributed by atoms with Gasteiger partial charge in [0.25, 0.3) is 0 Å². The average Bonchev–Trinajstić information content (AvgIpc) is 2.38. The Morgan fingerprint density at radius 3 is 2.82 bits per heavy atom. The first-order chi connectivity index (χ1) is 8.34. The van der Waals surface area contributed by atoms with Crippen molar-refractivity contribution in [3.05, 3.63) is 65.2 Å². The third-order valence-corrected chi connectivity index (χ3v) is 3.41. The lowest BCUT2D eigenvalue weighted by Gasteiger charge is -2.26. The van der Waals surface area contributed by atoms with Crippen LogP contribution < -0.4 is 11.1 Å². The maximum Gasteiger partial charge on any atom is 0.0316 e. The summed E-state index contributed by atoms with van der Waals surface area (Å²) in [5.74, 6) is 0.420. The second-order valence-electron chi connectivity index (χ2n) is 4.55. The molecule has 0 saturated heterocycles. The van der Waals surface area contributed by atoms with Crippen LogP contribution in [0.4, 0.5) is 5.69 Å². The zero-order chi connectivity index (χ0) is 11.7. The second kappa shape index (κ2) is 4.22. The van der Waals surface area contributed by atoms with Crippen molar-refractivity contribution in [1.29, 1.82) is 0 Å². The molecule has 0 aromatic heterocycles. The van der Waals surface area contributed by atoms with Crippen LogP contribution in [-0.2, 0) is 6.54 Å². The molecule has 0 radical (unpaired) electrons. The highest BCUT2D eigenvalue weighted by Crippen LogP contribution is 2.30. The number of benzene rings is 2. The van der Waals surface area contributed by atoms with E-state index >= 15 is 0 Å². The Morgan fingerprint density at radius 2 is 1.94 bits per heavy atom. The Hall–Kier alpha value is -1.80. The minimum absolute atomic E-state index is 0.420. The van der Waals surface area contributed by atoms with E-state index in [0.717, 1.165) is 18.8 Å². The van der Waals surface area contributed by atoms with Gasteiger partial charge in [0.2, 0.25) is 0 Å². The van der Waals surface area contributed by atoms with Gasteiger partial charge in [-0.15, -0.1) is 0 Å². The number of nitrogen functional groups attached to an aromatic ring is 1. The van der Waals surface area contributed by atoms with Gasteiger partial charge in [-0.3, -0.25) is 0 Å². The maximum atomic E-state index is 5.86. The van der Waals surface area contributed by atoms with Gasteiger partial charge in [0, 0.05) is 24.7 Å². The van der Waals surface area contributed by atoms with Gasteiger partial charge in [-0.1, -0.05) is 36.4 Å². The second-order valence-corrected chi connectivity index (χ2v) is 4.55. The lowest BCUT2D eigenvalue weighted by Crippen LogP contribution is -2.28. The molecule has 0 bridgehead atoms. The zero-order valence-electron chi connectivity index (χ0n) is 9.69. The number of nitrogens with one attached hydrogen (secondary N) is 1. The van der Waals surface area contributed by atoms with Gasteiger partial charge < -0.3 is 11.1 Å². The Morgan fingerprint density at radius 1 is 1.06 bits per heavy atom. The van der Waals surface area contributed by atoms with Crippen molar-refractivity contribution in [2.24, 2.45) is 0 Å². The number of fused-ring (bicyclic) bond motifs is 1. The molecule has 86 valence electrons.